The molecule has 1 saturated heterocycles. The Hall–Kier alpha value is -0.860. The van der Waals surface area contributed by atoms with E-state index in [0.29, 0.717) is 6.10 Å². The van der Waals surface area contributed by atoms with E-state index in [0.717, 1.165) is 19.0 Å². The highest BCUT2D eigenvalue weighted by Crippen LogP contribution is 2.32. The van der Waals surface area contributed by atoms with Crippen molar-refractivity contribution in [3.05, 3.63) is 34.9 Å². The summed E-state index contributed by atoms with van der Waals surface area (Å²) in [5.41, 5.74) is 4.12. The SMILES string of the molecule is Cc1cccc(C2CNCC(CC3CCCC3)O2)c1C. The summed E-state index contributed by atoms with van der Waals surface area (Å²) in [5, 5.41) is 3.58. The van der Waals surface area contributed by atoms with Crippen LogP contribution in [0.3, 0.4) is 0 Å². The Kier molecular flexibility index (Phi) is 4.42. The van der Waals surface area contributed by atoms with Crippen LogP contribution >= 0.6 is 0 Å². The van der Waals surface area contributed by atoms with Gasteiger partial charge in [0.2, 0.25) is 0 Å². The number of hydrogen-bond donors (Lipinski definition) is 1. The summed E-state index contributed by atoms with van der Waals surface area (Å²) in [6, 6.07) is 6.57. The average molecular weight is 273 g/mol. The van der Waals surface area contributed by atoms with Crippen LogP contribution in [0.1, 0.15) is 54.9 Å². The van der Waals surface area contributed by atoms with Gasteiger partial charge in [0.25, 0.3) is 0 Å². The van der Waals surface area contributed by atoms with Crippen LogP contribution in [0, 0.1) is 19.8 Å². The smallest absolute Gasteiger partial charge is 0.0956 e. The van der Waals surface area contributed by atoms with Gasteiger partial charge in [-0.2, -0.15) is 0 Å². The van der Waals surface area contributed by atoms with Crippen molar-refractivity contribution >= 4 is 0 Å². The lowest BCUT2D eigenvalue weighted by Gasteiger charge is -2.33. The molecule has 0 amide bonds. The summed E-state index contributed by atoms with van der Waals surface area (Å²) in [5.74, 6) is 0.902. The largest absolute Gasteiger partial charge is 0.368 e. The molecule has 20 heavy (non-hydrogen) atoms. The van der Waals surface area contributed by atoms with Gasteiger partial charge in [-0.05, 0) is 42.9 Å². The van der Waals surface area contributed by atoms with Gasteiger partial charge in [0.05, 0.1) is 12.2 Å². The monoisotopic (exact) mass is 273 g/mol. The van der Waals surface area contributed by atoms with Crippen LogP contribution < -0.4 is 5.32 Å². The fourth-order valence-corrected chi connectivity index (χ4v) is 3.77. The zero-order valence-electron chi connectivity index (χ0n) is 12.8. The lowest BCUT2D eigenvalue weighted by atomic mass is 9.96. The van der Waals surface area contributed by atoms with Gasteiger partial charge in [-0.1, -0.05) is 43.9 Å². The Morgan fingerprint density at radius 3 is 2.75 bits per heavy atom. The molecule has 1 aliphatic carbocycles. The van der Waals surface area contributed by atoms with E-state index in [1.165, 1.54) is 48.8 Å². The molecule has 1 aliphatic heterocycles. The van der Waals surface area contributed by atoms with Gasteiger partial charge in [0, 0.05) is 13.1 Å². The predicted molar refractivity (Wildman–Crippen MR) is 83.0 cm³/mol. The molecule has 1 saturated carbocycles. The molecule has 2 nitrogen and oxygen atoms in total. The van der Waals surface area contributed by atoms with Crippen molar-refractivity contribution in [2.45, 2.75) is 58.2 Å². The topological polar surface area (TPSA) is 21.3 Å². The summed E-state index contributed by atoms with van der Waals surface area (Å²) in [6.07, 6.45) is 7.54. The van der Waals surface area contributed by atoms with E-state index in [-0.39, 0.29) is 6.10 Å². The van der Waals surface area contributed by atoms with E-state index in [1.807, 2.05) is 0 Å². The minimum absolute atomic E-state index is 0.232. The summed E-state index contributed by atoms with van der Waals surface area (Å²) >= 11 is 0. The van der Waals surface area contributed by atoms with E-state index >= 15 is 0 Å². The molecule has 3 rings (SSSR count). The minimum atomic E-state index is 0.232. The molecule has 110 valence electrons. The van der Waals surface area contributed by atoms with Crippen LogP contribution in [0.25, 0.3) is 0 Å². The van der Waals surface area contributed by atoms with Gasteiger partial charge in [0.1, 0.15) is 0 Å². The zero-order valence-corrected chi connectivity index (χ0v) is 12.8. The zero-order chi connectivity index (χ0) is 13.9. The second kappa shape index (κ2) is 6.28. The molecular weight excluding hydrogens is 246 g/mol. The molecule has 0 aromatic heterocycles. The van der Waals surface area contributed by atoms with Crippen molar-refractivity contribution < 1.29 is 4.74 Å². The van der Waals surface area contributed by atoms with Crippen molar-refractivity contribution in [1.29, 1.82) is 0 Å². The van der Waals surface area contributed by atoms with Gasteiger partial charge < -0.3 is 10.1 Å². The van der Waals surface area contributed by atoms with E-state index in [2.05, 4.69) is 37.4 Å². The van der Waals surface area contributed by atoms with E-state index in [9.17, 15) is 0 Å². The van der Waals surface area contributed by atoms with Crippen LogP contribution in [0.2, 0.25) is 0 Å². The van der Waals surface area contributed by atoms with Crippen molar-refractivity contribution in [3.8, 4) is 0 Å². The third-order valence-electron chi connectivity index (χ3n) is 5.12. The van der Waals surface area contributed by atoms with Crippen molar-refractivity contribution in [2.24, 2.45) is 5.92 Å². The predicted octanol–water partition coefficient (Wildman–Crippen LogP) is 3.91. The summed E-state index contributed by atoms with van der Waals surface area (Å²) in [6.45, 7) is 6.38. The van der Waals surface area contributed by atoms with Gasteiger partial charge in [-0.3, -0.25) is 0 Å². The molecule has 1 heterocycles. The Morgan fingerprint density at radius 1 is 1.15 bits per heavy atom. The molecule has 2 aliphatic rings. The van der Waals surface area contributed by atoms with Gasteiger partial charge >= 0.3 is 0 Å². The van der Waals surface area contributed by atoms with Gasteiger partial charge in [-0.15, -0.1) is 0 Å². The normalized spacial score (nSPS) is 27.9. The third kappa shape index (κ3) is 3.07. The molecule has 2 heteroatoms. The second-order valence-corrected chi connectivity index (χ2v) is 6.58. The molecule has 0 spiro atoms. The highest BCUT2D eigenvalue weighted by Gasteiger charge is 2.27. The minimum Gasteiger partial charge on any atom is -0.368 e. The number of morpholine rings is 1. The Labute approximate surface area is 122 Å². The molecular formula is C18H27NO. The van der Waals surface area contributed by atoms with E-state index in [4.69, 9.17) is 4.74 Å². The van der Waals surface area contributed by atoms with Crippen LogP contribution in [0.15, 0.2) is 18.2 Å². The molecule has 2 unspecified atom stereocenters. The summed E-state index contributed by atoms with van der Waals surface area (Å²) in [4.78, 5) is 0. The first kappa shape index (κ1) is 14.1. The fourth-order valence-electron chi connectivity index (χ4n) is 3.77. The van der Waals surface area contributed by atoms with Gasteiger partial charge in [0.15, 0.2) is 0 Å². The average Bonchev–Trinajstić information content (AvgIpc) is 2.95. The summed E-state index contributed by atoms with van der Waals surface area (Å²) in [7, 11) is 0. The number of benzene rings is 1. The number of nitrogens with one attached hydrogen (secondary N) is 1. The van der Waals surface area contributed by atoms with E-state index < -0.39 is 0 Å². The Morgan fingerprint density at radius 2 is 1.95 bits per heavy atom. The molecule has 0 radical (unpaired) electrons. The second-order valence-electron chi connectivity index (χ2n) is 6.58. The highest BCUT2D eigenvalue weighted by atomic mass is 16.5. The quantitative estimate of drug-likeness (QED) is 0.901. The standard InChI is InChI=1S/C18H27NO/c1-13-6-5-9-17(14(13)2)18-12-19-11-16(20-18)10-15-7-3-4-8-15/h5-6,9,15-16,18-19H,3-4,7-8,10-12H2,1-2H3. The first-order valence-electron chi connectivity index (χ1n) is 8.16. The first-order chi connectivity index (χ1) is 9.74. The lowest BCUT2D eigenvalue weighted by Crippen LogP contribution is -2.41. The van der Waals surface area contributed by atoms with Crippen LogP contribution in [0.5, 0.6) is 0 Å². The number of rotatable bonds is 3. The third-order valence-corrected chi connectivity index (χ3v) is 5.12. The fraction of sp³-hybridized carbons (Fsp3) is 0.667. The molecule has 0 bridgehead atoms. The molecule has 2 atom stereocenters. The van der Waals surface area contributed by atoms with Crippen molar-refractivity contribution in [1.82, 2.24) is 5.32 Å². The van der Waals surface area contributed by atoms with Gasteiger partial charge in [-0.25, -0.2) is 0 Å². The molecule has 1 aromatic rings. The highest BCUT2D eigenvalue weighted by molar-refractivity contribution is 5.35. The maximum atomic E-state index is 6.41. The lowest BCUT2D eigenvalue weighted by molar-refractivity contribution is -0.0491. The van der Waals surface area contributed by atoms with Crippen molar-refractivity contribution in [2.75, 3.05) is 13.1 Å². The number of aryl methyl sites for hydroxylation is 1. The summed E-state index contributed by atoms with van der Waals surface area (Å²) < 4.78 is 6.41. The van der Waals surface area contributed by atoms with E-state index in [1.54, 1.807) is 0 Å². The van der Waals surface area contributed by atoms with Crippen LogP contribution in [-0.2, 0) is 4.74 Å². The maximum Gasteiger partial charge on any atom is 0.0956 e. The number of hydrogen-bond acceptors (Lipinski definition) is 2. The Bertz CT molecular complexity index is 451. The maximum absolute atomic E-state index is 6.41. The Balaban J connectivity index is 1.66. The first-order valence-corrected chi connectivity index (χ1v) is 8.16. The molecule has 1 aromatic carbocycles. The molecule has 2 fully saturated rings. The molecule has 1 N–H and O–H groups in total. The van der Waals surface area contributed by atoms with Crippen molar-refractivity contribution in [3.63, 3.8) is 0 Å². The van der Waals surface area contributed by atoms with Crippen LogP contribution in [0.4, 0.5) is 0 Å². The van der Waals surface area contributed by atoms with Crippen LogP contribution in [-0.4, -0.2) is 19.2 Å². The number of ether oxygens (including phenoxy) is 1.